The van der Waals surface area contributed by atoms with Crippen LogP contribution in [-0.2, 0) is 0 Å². The number of carboxylic acid groups (broad SMARTS) is 1. The average Bonchev–Trinajstić information content (AvgIpc) is 2.45. The zero-order valence-electron chi connectivity index (χ0n) is 11.2. The fraction of sp³-hybridized carbons (Fsp3) is 0.188. The summed E-state index contributed by atoms with van der Waals surface area (Å²) >= 11 is 0. The lowest BCUT2D eigenvalue weighted by Gasteiger charge is -2.12. The monoisotopic (exact) mass is 272 g/mol. The van der Waals surface area contributed by atoms with E-state index >= 15 is 0 Å². The molecule has 0 saturated carbocycles. The van der Waals surface area contributed by atoms with E-state index in [1.54, 1.807) is 6.07 Å². The van der Waals surface area contributed by atoms with Crippen LogP contribution in [0.4, 0.5) is 0 Å². The van der Waals surface area contributed by atoms with E-state index in [9.17, 15) is 4.79 Å². The van der Waals surface area contributed by atoms with Gasteiger partial charge in [0.1, 0.15) is 30.3 Å². The minimum Gasteiger partial charge on any atom is -0.490 e. The molecule has 0 saturated heterocycles. The molecular weight excluding hydrogens is 256 g/mol. The fourth-order valence-corrected chi connectivity index (χ4v) is 1.83. The Bertz CT molecular complexity index is 578. The molecule has 20 heavy (non-hydrogen) atoms. The maximum absolute atomic E-state index is 11.1. The van der Waals surface area contributed by atoms with Crippen molar-refractivity contribution < 1.29 is 19.4 Å². The summed E-state index contributed by atoms with van der Waals surface area (Å²) in [5.74, 6) is 0.170. The third kappa shape index (κ3) is 3.51. The van der Waals surface area contributed by atoms with Crippen molar-refractivity contribution in [1.29, 1.82) is 0 Å². The molecular formula is C16H16O4. The molecule has 2 aromatic rings. The second-order valence-corrected chi connectivity index (χ2v) is 4.27. The minimum absolute atomic E-state index is 0.171. The highest BCUT2D eigenvalue weighted by atomic mass is 16.5. The number of carbonyl (C=O) groups is 1. The van der Waals surface area contributed by atoms with Gasteiger partial charge in [0.15, 0.2) is 0 Å². The number of ether oxygens (including phenoxy) is 2. The van der Waals surface area contributed by atoms with Gasteiger partial charge in [-0.2, -0.15) is 0 Å². The molecule has 0 aliphatic heterocycles. The molecule has 2 rings (SSSR count). The van der Waals surface area contributed by atoms with Gasteiger partial charge in [0.05, 0.1) is 0 Å². The summed E-state index contributed by atoms with van der Waals surface area (Å²) in [6, 6.07) is 14.5. The Morgan fingerprint density at radius 3 is 2.40 bits per heavy atom. The first-order valence-electron chi connectivity index (χ1n) is 6.32. The molecule has 0 aliphatic rings. The molecule has 1 N–H and O–H groups in total. The van der Waals surface area contributed by atoms with Gasteiger partial charge in [-0.3, -0.25) is 0 Å². The summed E-state index contributed by atoms with van der Waals surface area (Å²) in [6.07, 6.45) is 0. The van der Waals surface area contributed by atoms with Gasteiger partial charge in [-0.05, 0) is 30.7 Å². The van der Waals surface area contributed by atoms with Crippen molar-refractivity contribution in [2.24, 2.45) is 0 Å². The van der Waals surface area contributed by atoms with Crippen LogP contribution in [0.15, 0.2) is 48.5 Å². The van der Waals surface area contributed by atoms with Crippen molar-refractivity contribution in [1.82, 2.24) is 0 Å². The van der Waals surface area contributed by atoms with Gasteiger partial charge in [-0.15, -0.1) is 0 Å². The number of rotatable bonds is 6. The molecule has 0 amide bonds. The predicted octanol–water partition coefficient (Wildman–Crippen LogP) is 3.15. The quantitative estimate of drug-likeness (QED) is 0.821. The van der Waals surface area contributed by atoms with Crippen LogP contribution in [0.5, 0.6) is 11.5 Å². The van der Waals surface area contributed by atoms with Crippen molar-refractivity contribution in [3.05, 3.63) is 59.7 Å². The standard InChI is InChI=1S/C16H16O4/c1-12-6-5-9-14(16(17)18)15(12)20-11-10-19-13-7-3-2-4-8-13/h2-9H,10-11H2,1H3,(H,17,18). The SMILES string of the molecule is Cc1cccc(C(=O)O)c1OCCOc1ccccc1. The van der Waals surface area contributed by atoms with Gasteiger partial charge in [0, 0.05) is 0 Å². The lowest BCUT2D eigenvalue weighted by Crippen LogP contribution is -2.12. The van der Waals surface area contributed by atoms with Gasteiger partial charge >= 0.3 is 5.97 Å². The molecule has 0 fully saturated rings. The summed E-state index contributed by atoms with van der Waals surface area (Å²) in [6.45, 7) is 2.47. The van der Waals surface area contributed by atoms with Crippen LogP contribution in [0.25, 0.3) is 0 Å². The summed E-state index contributed by atoms with van der Waals surface area (Å²) in [4.78, 5) is 11.1. The van der Waals surface area contributed by atoms with Crippen molar-refractivity contribution in [2.75, 3.05) is 13.2 Å². The molecule has 0 radical (unpaired) electrons. The van der Waals surface area contributed by atoms with E-state index in [0.717, 1.165) is 11.3 Å². The first kappa shape index (κ1) is 13.9. The summed E-state index contributed by atoms with van der Waals surface area (Å²) in [5, 5.41) is 9.11. The fourth-order valence-electron chi connectivity index (χ4n) is 1.83. The molecule has 0 aliphatic carbocycles. The first-order valence-corrected chi connectivity index (χ1v) is 6.32. The molecule has 0 atom stereocenters. The molecule has 4 heteroatoms. The second-order valence-electron chi connectivity index (χ2n) is 4.27. The maximum atomic E-state index is 11.1. The van der Waals surface area contributed by atoms with E-state index in [1.807, 2.05) is 43.3 Å². The Hall–Kier alpha value is -2.49. The highest BCUT2D eigenvalue weighted by Gasteiger charge is 2.13. The topological polar surface area (TPSA) is 55.8 Å². The van der Waals surface area contributed by atoms with Crippen LogP contribution in [0.2, 0.25) is 0 Å². The van der Waals surface area contributed by atoms with Gasteiger partial charge < -0.3 is 14.6 Å². The molecule has 0 unspecified atom stereocenters. The van der Waals surface area contributed by atoms with E-state index < -0.39 is 5.97 Å². The van der Waals surface area contributed by atoms with E-state index in [4.69, 9.17) is 14.6 Å². The molecule has 2 aromatic carbocycles. The van der Waals surface area contributed by atoms with Gasteiger partial charge in [0.2, 0.25) is 0 Å². The van der Waals surface area contributed by atoms with Crippen molar-refractivity contribution in [3.63, 3.8) is 0 Å². The Morgan fingerprint density at radius 1 is 1.00 bits per heavy atom. The zero-order chi connectivity index (χ0) is 14.4. The number of aryl methyl sites for hydroxylation is 1. The Labute approximate surface area is 117 Å². The van der Waals surface area contributed by atoms with Crippen molar-refractivity contribution in [3.8, 4) is 11.5 Å². The number of carboxylic acids is 1. The zero-order valence-corrected chi connectivity index (χ0v) is 11.2. The second kappa shape index (κ2) is 6.61. The van der Waals surface area contributed by atoms with Crippen molar-refractivity contribution >= 4 is 5.97 Å². The highest BCUT2D eigenvalue weighted by molar-refractivity contribution is 5.91. The molecule has 104 valence electrons. The number of hydrogen-bond acceptors (Lipinski definition) is 3. The van der Waals surface area contributed by atoms with E-state index in [1.165, 1.54) is 6.07 Å². The Balaban J connectivity index is 1.93. The van der Waals surface area contributed by atoms with Crippen LogP contribution in [-0.4, -0.2) is 24.3 Å². The van der Waals surface area contributed by atoms with Gasteiger partial charge in [-0.25, -0.2) is 4.79 Å². The van der Waals surface area contributed by atoms with Crippen LogP contribution < -0.4 is 9.47 Å². The van der Waals surface area contributed by atoms with Crippen molar-refractivity contribution in [2.45, 2.75) is 6.92 Å². The van der Waals surface area contributed by atoms with E-state index in [-0.39, 0.29) is 5.56 Å². The molecule has 4 nitrogen and oxygen atoms in total. The lowest BCUT2D eigenvalue weighted by molar-refractivity contribution is 0.0691. The number of aromatic carboxylic acids is 1. The third-order valence-electron chi connectivity index (χ3n) is 2.78. The number of hydrogen-bond donors (Lipinski definition) is 1. The smallest absolute Gasteiger partial charge is 0.339 e. The Morgan fingerprint density at radius 2 is 1.70 bits per heavy atom. The van der Waals surface area contributed by atoms with Crippen LogP contribution in [0.1, 0.15) is 15.9 Å². The van der Waals surface area contributed by atoms with Gasteiger partial charge in [-0.1, -0.05) is 30.3 Å². The molecule has 0 bridgehead atoms. The number of para-hydroxylation sites is 2. The summed E-state index contributed by atoms with van der Waals surface area (Å²) in [5.41, 5.74) is 0.967. The lowest BCUT2D eigenvalue weighted by atomic mass is 10.1. The van der Waals surface area contributed by atoms with E-state index in [0.29, 0.717) is 19.0 Å². The summed E-state index contributed by atoms with van der Waals surface area (Å²) in [7, 11) is 0. The minimum atomic E-state index is -0.993. The predicted molar refractivity (Wildman–Crippen MR) is 75.6 cm³/mol. The van der Waals surface area contributed by atoms with E-state index in [2.05, 4.69) is 0 Å². The third-order valence-corrected chi connectivity index (χ3v) is 2.78. The molecule has 0 heterocycles. The number of benzene rings is 2. The normalized spacial score (nSPS) is 10.1. The van der Waals surface area contributed by atoms with Crippen LogP contribution in [0, 0.1) is 6.92 Å². The molecule has 0 aromatic heterocycles. The first-order chi connectivity index (χ1) is 9.68. The van der Waals surface area contributed by atoms with Crippen LogP contribution in [0.3, 0.4) is 0 Å². The Kier molecular flexibility index (Phi) is 4.60. The van der Waals surface area contributed by atoms with Crippen LogP contribution >= 0.6 is 0 Å². The summed E-state index contributed by atoms with van der Waals surface area (Å²) < 4.78 is 11.0. The van der Waals surface area contributed by atoms with Gasteiger partial charge in [0.25, 0.3) is 0 Å². The highest BCUT2D eigenvalue weighted by Crippen LogP contribution is 2.23. The molecule has 0 spiro atoms. The average molecular weight is 272 g/mol. The maximum Gasteiger partial charge on any atom is 0.339 e. The largest absolute Gasteiger partial charge is 0.490 e.